The monoisotopic (exact) mass is 652 g/mol. The van der Waals surface area contributed by atoms with Crippen LogP contribution < -0.4 is 5.32 Å². The van der Waals surface area contributed by atoms with E-state index in [0.29, 0.717) is 31.4 Å². The fourth-order valence-corrected chi connectivity index (χ4v) is 7.58. The summed E-state index contributed by atoms with van der Waals surface area (Å²) >= 11 is 6.55. The number of hydrogen-bond acceptors (Lipinski definition) is 6. The van der Waals surface area contributed by atoms with Crippen LogP contribution in [-0.4, -0.2) is 90.1 Å². The van der Waals surface area contributed by atoms with Crippen molar-refractivity contribution >= 4 is 46.3 Å². The number of nitrogens with one attached hydrogen (secondary N) is 1. The zero-order valence-electron chi connectivity index (χ0n) is 26.4. The summed E-state index contributed by atoms with van der Waals surface area (Å²) in [6.45, 7) is 2.56. The molecule has 1 aliphatic carbocycles. The second-order valence-electron chi connectivity index (χ2n) is 13.0. The summed E-state index contributed by atoms with van der Waals surface area (Å²) in [7, 11) is 3.56. The third kappa shape index (κ3) is 6.86. The number of aldehydes is 1. The molecule has 1 aromatic heterocycles. The van der Waals surface area contributed by atoms with Crippen LogP contribution in [0.1, 0.15) is 54.4 Å². The second-order valence-corrected chi connectivity index (χ2v) is 13.4. The van der Waals surface area contributed by atoms with Gasteiger partial charge in [-0.1, -0.05) is 29.8 Å². The predicted octanol–water partition coefficient (Wildman–Crippen LogP) is 5.23. The number of aryl methyl sites for hydroxylation is 1. The highest BCUT2D eigenvalue weighted by molar-refractivity contribution is 6.34. The second kappa shape index (κ2) is 14.2. The first kappa shape index (κ1) is 32.6. The highest BCUT2D eigenvalue weighted by atomic mass is 35.5. The molecule has 3 heterocycles. The Labute approximate surface area is 273 Å². The van der Waals surface area contributed by atoms with Gasteiger partial charge in [0.15, 0.2) is 0 Å². The highest BCUT2D eigenvalue weighted by Crippen LogP contribution is 2.33. The molecule has 3 aromatic rings. The molecule has 3 fully saturated rings. The predicted molar refractivity (Wildman–Crippen MR) is 175 cm³/mol. The number of para-hydroxylation sites is 1. The number of methoxy groups -OCH3 is 1. The SMILES string of the molecule is COC[C@@H]1CCN1[C@H]1C[C@@H](COC2CCC(C=O)CC2)N(C(=O)Cc2cc(Cl)c(NC(=O)c3cn(C)c4ccccc34)cc2F)C1. The van der Waals surface area contributed by atoms with Crippen LogP contribution in [0.15, 0.2) is 42.6 Å². The van der Waals surface area contributed by atoms with Crippen molar-refractivity contribution in [3.05, 3.63) is 64.6 Å². The Balaban J connectivity index is 1.14. The van der Waals surface area contributed by atoms with Crippen molar-refractivity contribution in [2.45, 2.75) is 69.2 Å². The standard InChI is InChI=1S/C35H42ClFN4O5/c1-39-18-29(28-5-3-4-6-33(28)39)35(44)38-32-16-31(37)23(13-30(32)36)14-34(43)41-17-25(40-12-11-24(40)20-45-2)15-26(41)21-46-27-9-7-22(19-42)8-10-27/h3-6,13,16,18-19,22,24-27H,7-12,14-15,17,20-21H2,1-2H3,(H,38,44)/t22?,24-,25-,26-,27?/m0/s1. The first-order chi connectivity index (χ1) is 22.2. The van der Waals surface area contributed by atoms with E-state index in [1.54, 1.807) is 13.3 Å². The van der Waals surface area contributed by atoms with Gasteiger partial charge in [0.05, 0.1) is 48.1 Å². The molecule has 3 atom stereocenters. The van der Waals surface area contributed by atoms with Gasteiger partial charge in [-0.05, 0) is 62.3 Å². The zero-order valence-corrected chi connectivity index (χ0v) is 27.2. The van der Waals surface area contributed by atoms with Crippen molar-refractivity contribution in [3.63, 3.8) is 0 Å². The smallest absolute Gasteiger partial charge is 0.257 e. The maximum absolute atomic E-state index is 15.5. The van der Waals surface area contributed by atoms with Gasteiger partial charge in [-0.3, -0.25) is 14.5 Å². The molecule has 0 bridgehead atoms. The quantitative estimate of drug-likeness (QED) is 0.285. The van der Waals surface area contributed by atoms with Crippen LogP contribution in [0.4, 0.5) is 10.1 Å². The molecule has 2 amide bonds. The Kier molecular flexibility index (Phi) is 10.1. The number of ether oxygens (including phenoxy) is 2. The summed E-state index contributed by atoms with van der Waals surface area (Å²) in [6.07, 6.45) is 7.86. The molecule has 6 rings (SSSR count). The van der Waals surface area contributed by atoms with Crippen LogP contribution in [0, 0.1) is 11.7 Å². The molecule has 246 valence electrons. The van der Waals surface area contributed by atoms with Crippen LogP contribution in [0.3, 0.4) is 0 Å². The topological polar surface area (TPSA) is 93.1 Å². The molecule has 9 nitrogen and oxygen atoms in total. The van der Waals surface area contributed by atoms with E-state index in [9.17, 15) is 14.4 Å². The van der Waals surface area contributed by atoms with E-state index < -0.39 is 11.7 Å². The van der Waals surface area contributed by atoms with Crippen LogP contribution in [0.5, 0.6) is 0 Å². The number of anilines is 1. The van der Waals surface area contributed by atoms with Gasteiger partial charge in [-0.15, -0.1) is 0 Å². The molecule has 3 aliphatic rings. The van der Waals surface area contributed by atoms with Gasteiger partial charge in [-0.2, -0.15) is 0 Å². The van der Waals surface area contributed by atoms with E-state index in [1.165, 1.54) is 12.1 Å². The first-order valence-electron chi connectivity index (χ1n) is 16.2. The Hall–Kier alpha value is -3.31. The van der Waals surface area contributed by atoms with E-state index >= 15 is 4.39 Å². The molecule has 0 unspecified atom stereocenters. The van der Waals surface area contributed by atoms with Crippen molar-refractivity contribution in [1.82, 2.24) is 14.4 Å². The van der Waals surface area contributed by atoms with Crippen LogP contribution in [0.25, 0.3) is 10.9 Å². The molecule has 46 heavy (non-hydrogen) atoms. The molecular formula is C35H42ClFN4O5. The number of amides is 2. The number of carbonyl (C=O) groups excluding carboxylic acids is 3. The van der Waals surface area contributed by atoms with Crippen molar-refractivity contribution in [2.24, 2.45) is 13.0 Å². The van der Waals surface area contributed by atoms with Gasteiger partial charge in [0.2, 0.25) is 5.91 Å². The first-order valence-corrected chi connectivity index (χ1v) is 16.6. The van der Waals surface area contributed by atoms with Gasteiger partial charge in [-0.25, -0.2) is 4.39 Å². The van der Waals surface area contributed by atoms with Gasteiger partial charge in [0.25, 0.3) is 5.91 Å². The number of carbonyl (C=O) groups is 3. The minimum Gasteiger partial charge on any atom is -0.383 e. The van der Waals surface area contributed by atoms with E-state index in [1.807, 2.05) is 40.8 Å². The maximum atomic E-state index is 15.5. The summed E-state index contributed by atoms with van der Waals surface area (Å²) in [4.78, 5) is 42.4. The molecule has 2 saturated heterocycles. The third-order valence-electron chi connectivity index (χ3n) is 10.0. The average Bonchev–Trinajstić information content (AvgIpc) is 3.61. The lowest BCUT2D eigenvalue weighted by Gasteiger charge is -2.44. The molecule has 2 aliphatic heterocycles. The fraction of sp³-hybridized carbons (Fsp3) is 0.514. The summed E-state index contributed by atoms with van der Waals surface area (Å²) in [5, 5.41) is 3.68. The lowest BCUT2D eigenvalue weighted by Crippen LogP contribution is -2.56. The number of benzene rings is 2. The number of hydrogen-bond donors (Lipinski definition) is 1. The van der Waals surface area contributed by atoms with Gasteiger partial charge in [0, 0.05) is 62.3 Å². The molecular weight excluding hydrogens is 611 g/mol. The Morgan fingerprint density at radius 3 is 2.59 bits per heavy atom. The molecule has 1 N–H and O–H groups in total. The van der Waals surface area contributed by atoms with E-state index in [2.05, 4.69) is 10.2 Å². The van der Waals surface area contributed by atoms with Crippen molar-refractivity contribution in [3.8, 4) is 0 Å². The summed E-state index contributed by atoms with van der Waals surface area (Å²) in [5.74, 6) is -1.08. The molecule has 11 heteroatoms. The van der Waals surface area contributed by atoms with Crippen molar-refractivity contribution in [2.75, 3.05) is 38.7 Å². The number of fused-ring (bicyclic) bond motifs is 1. The molecule has 0 spiro atoms. The van der Waals surface area contributed by atoms with E-state index in [0.717, 1.165) is 62.3 Å². The molecule has 1 saturated carbocycles. The minimum absolute atomic E-state index is 0.0744. The summed E-state index contributed by atoms with van der Waals surface area (Å²) < 4.78 is 29.1. The van der Waals surface area contributed by atoms with Crippen LogP contribution in [-0.2, 0) is 32.5 Å². The Morgan fingerprint density at radius 2 is 1.87 bits per heavy atom. The minimum atomic E-state index is -0.607. The largest absolute Gasteiger partial charge is 0.383 e. The van der Waals surface area contributed by atoms with Gasteiger partial charge >= 0.3 is 0 Å². The highest BCUT2D eigenvalue weighted by Gasteiger charge is 2.43. The number of halogens is 2. The number of aromatic nitrogens is 1. The summed E-state index contributed by atoms with van der Waals surface area (Å²) in [5.41, 5.74) is 1.68. The average molecular weight is 653 g/mol. The lowest BCUT2D eigenvalue weighted by molar-refractivity contribution is -0.133. The fourth-order valence-electron chi connectivity index (χ4n) is 7.34. The Bertz CT molecular complexity index is 1590. The third-order valence-corrected chi connectivity index (χ3v) is 10.3. The molecule has 0 radical (unpaired) electrons. The van der Waals surface area contributed by atoms with E-state index in [4.69, 9.17) is 21.1 Å². The van der Waals surface area contributed by atoms with Crippen LogP contribution >= 0.6 is 11.6 Å². The number of nitrogens with zero attached hydrogens (tertiary/aromatic N) is 3. The lowest BCUT2D eigenvalue weighted by atomic mass is 9.88. The summed E-state index contributed by atoms with van der Waals surface area (Å²) in [6, 6.07) is 10.5. The molecule has 2 aromatic carbocycles. The Morgan fingerprint density at radius 1 is 1.09 bits per heavy atom. The normalized spacial score (nSPS) is 25.0. The van der Waals surface area contributed by atoms with Gasteiger partial charge in [0.1, 0.15) is 12.1 Å². The number of likely N-dealkylation sites (tertiary alicyclic amines) is 2. The maximum Gasteiger partial charge on any atom is 0.257 e. The van der Waals surface area contributed by atoms with Crippen molar-refractivity contribution < 1.29 is 28.2 Å². The van der Waals surface area contributed by atoms with Gasteiger partial charge < -0.3 is 29.1 Å². The number of rotatable bonds is 11. The van der Waals surface area contributed by atoms with E-state index in [-0.39, 0.29) is 52.7 Å². The van der Waals surface area contributed by atoms with Crippen molar-refractivity contribution in [1.29, 1.82) is 0 Å². The zero-order chi connectivity index (χ0) is 32.4. The van der Waals surface area contributed by atoms with Crippen LogP contribution in [0.2, 0.25) is 5.02 Å².